The zero-order valence-electron chi connectivity index (χ0n) is 9.20. The number of aromatic nitrogens is 2. The molecular weight excluding hydrogens is 258 g/mol. The van der Waals surface area contributed by atoms with E-state index >= 15 is 0 Å². The van der Waals surface area contributed by atoms with Crippen LogP contribution in [0, 0.1) is 0 Å². The highest BCUT2D eigenvalue weighted by molar-refractivity contribution is 7.89. The van der Waals surface area contributed by atoms with Crippen LogP contribution in [0.4, 0.5) is 11.4 Å². The smallest absolute Gasteiger partial charge is 0.240 e. The van der Waals surface area contributed by atoms with Crippen LogP contribution >= 0.6 is 0 Å². The van der Waals surface area contributed by atoms with Crippen LogP contribution in [0.3, 0.4) is 0 Å². The summed E-state index contributed by atoms with van der Waals surface area (Å²) in [7, 11) is -3.80. The summed E-state index contributed by atoms with van der Waals surface area (Å²) in [4.78, 5) is 3.72. The Morgan fingerprint density at radius 2 is 2.17 bits per heavy atom. The molecule has 1 aromatic carbocycles. The molecule has 1 heterocycles. The van der Waals surface area contributed by atoms with Crippen LogP contribution in [0.1, 0.15) is 5.82 Å². The normalized spacial score (nSPS) is 11.4. The van der Waals surface area contributed by atoms with Gasteiger partial charge in [0.25, 0.3) is 0 Å². The Morgan fingerprint density at radius 3 is 2.72 bits per heavy atom. The second-order valence-corrected chi connectivity index (χ2v) is 5.03. The van der Waals surface area contributed by atoms with Gasteiger partial charge in [0.2, 0.25) is 16.4 Å². The fourth-order valence-electron chi connectivity index (χ4n) is 1.37. The molecule has 0 saturated carbocycles. The van der Waals surface area contributed by atoms with Crippen molar-refractivity contribution in [3.8, 4) is 0 Å². The molecule has 0 fully saturated rings. The molecule has 0 aliphatic rings. The van der Waals surface area contributed by atoms with Gasteiger partial charge in [0.1, 0.15) is 4.90 Å². The van der Waals surface area contributed by atoms with E-state index in [0.717, 1.165) is 0 Å². The van der Waals surface area contributed by atoms with Gasteiger partial charge in [-0.05, 0) is 18.2 Å². The second-order valence-electron chi connectivity index (χ2n) is 3.50. The summed E-state index contributed by atoms with van der Waals surface area (Å²) in [6.07, 6.45) is 1.22. The number of primary sulfonamides is 1. The largest absolute Gasteiger partial charge is 0.398 e. The number of benzene rings is 1. The van der Waals surface area contributed by atoms with Gasteiger partial charge < -0.3 is 15.6 Å². The zero-order chi connectivity index (χ0) is 13.2. The molecule has 1 aromatic heterocycles. The number of nitrogens with two attached hydrogens (primary N) is 2. The Labute approximate surface area is 103 Å². The third-order valence-electron chi connectivity index (χ3n) is 2.17. The number of nitrogen functional groups attached to an aromatic ring is 1. The highest BCUT2D eigenvalue weighted by atomic mass is 32.2. The first-order valence-corrected chi connectivity index (χ1v) is 6.43. The maximum Gasteiger partial charge on any atom is 0.240 e. The molecule has 2 rings (SSSR count). The van der Waals surface area contributed by atoms with Gasteiger partial charge >= 0.3 is 0 Å². The molecule has 0 spiro atoms. The van der Waals surface area contributed by atoms with Gasteiger partial charge in [-0.2, -0.15) is 4.98 Å². The van der Waals surface area contributed by atoms with E-state index in [4.69, 9.17) is 10.9 Å². The Kier molecular flexibility index (Phi) is 3.17. The summed E-state index contributed by atoms with van der Waals surface area (Å²) in [5.74, 6) is 0.476. The SMILES string of the molecule is Nc1cc(NCc2ncon2)ccc1S(N)(=O)=O. The maximum absolute atomic E-state index is 11.2. The van der Waals surface area contributed by atoms with Crippen molar-refractivity contribution in [2.75, 3.05) is 11.1 Å². The van der Waals surface area contributed by atoms with Gasteiger partial charge in [-0.15, -0.1) is 0 Å². The zero-order valence-corrected chi connectivity index (χ0v) is 10.0. The van der Waals surface area contributed by atoms with Crippen LogP contribution in [0.2, 0.25) is 0 Å². The van der Waals surface area contributed by atoms with Crippen LogP contribution in [0.25, 0.3) is 0 Å². The van der Waals surface area contributed by atoms with Crippen molar-refractivity contribution in [1.82, 2.24) is 10.1 Å². The molecule has 2 aromatic rings. The summed E-state index contributed by atoms with van der Waals surface area (Å²) >= 11 is 0. The van der Waals surface area contributed by atoms with Crippen molar-refractivity contribution in [3.05, 3.63) is 30.4 Å². The van der Waals surface area contributed by atoms with E-state index in [-0.39, 0.29) is 10.6 Å². The van der Waals surface area contributed by atoms with Crippen LogP contribution in [0.5, 0.6) is 0 Å². The number of hydrogen-bond donors (Lipinski definition) is 3. The van der Waals surface area contributed by atoms with E-state index in [9.17, 15) is 8.42 Å². The minimum atomic E-state index is -3.80. The molecule has 18 heavy (non-hydrogen) atoms. The Hall–Kier alpha value is -2.13. The van der Waals surface area contributed by atoms with Gasteiger partial charge in [0.15, 0.2) is 5.82 Å². The number of anilines is 2. The lowest BCUT2D eigenvalue weighted by atomic mass is 10.3. The highest BCUT2D eigenvalue weighted by Gasteiger charge is 2.12. The molecule has 8 nitrogen and oxygen atoms in total. The van der Waals surface area contributed by atoms with Crippen molar-refractivity contribution in [2.24, 2.45) is 5.14 Å². The predicted molar refractivity (Wildman–Crippen MR) is 63.9 cm³/mol. The van der Waals surface area contributed by atoms with E-state index < -0.39 is 10.0 Å². The second kappa shape index (κ2) is 4.63. The minimum absolute atomic E-state index is 0.0793. The van der Waals surface area contributed by atoms with E-state index in [1.807, 2.05) is 0 Å². The van der Waals surface area contributed by atoms with Crippen molar-refractivity contribution >= 4 is 21.4 Å². The average Bonchev–Trinajstić information content (AvgIpc) is 2.77. The first kappa shape index (κ1) is 12.3. The third kappa shape index (κ3) is 2.76. The molecule has 0 radical (unpaired) electrons. The molecule has 0 saturated heterocycles. The van der Waals surface area contributed by atoms with Gasteiger partial charge in [-0.1, -0.05) is 5.16 Å². The van der Waals surface area contributed by atoms with Crippen molar-refractivity contribution < 1.29 is 12.9 Å². The molecule has 0 amide bonds. The molecule has 0 atom stereocenters. The minimum Gasteiger partial charge on any atom is -0.398 e. The standard InChI is InChI=1S/C9H11N5O3S/c10-7-3-6(1-2-8(7)18(11,15)16)12-4-9-13-5-17-14-9/h1-3,5,12H,4,10H2,(H2,11,15,16). The molecule has 0 unspecified atom stereocenters. The summed E-state index contributed by atoms with van der Waals surface area (Å²) in [6, 6.07) is 4.36. The molecule has 5 N–H and O–H groups in total. The van der Waals surface area contributed by atoms with E-state index in [0.29, 0.717) is 18.1 Å². The molecule has 0 aliphatic heterocycles. The highest BCUT2D eigenvalue weighted by Crippen LogP contribution is 2.21. The van der Waals surface area contributed by atoms with E-state index in [1.165, 1.54) is 18.5 Å². The summed E-state index contributed by atoms with van der Waals surface area (Å²) in [5.41, 5.74) is 6.32. The molecular formula is C9H11N5O3S. The number of sulfonamides is 1. The van der Waals surface area contributed by atoms with Gasteiger partial charge in [-0.3, -0.25) is 0 Å². The fourth-order valence-corrected chi connectivity index (χ4v) is 2.01. The third-order valence-corrected chi connectivity index (χ3v) is 3.16. The summed E-state index contributed by atoms with van der Waals surface area (Å²) < 4.78 is 26.9. The van der Waals surface area contributed by atoms with Crippen molar-refractivity contribution in [2.45, 2.75) is 11.4 Å². The predicted octanol–water partition coefficient (Wildman–Crippen LogP) is -0.0887. The van der Waals surface area contributed by atoms with Crippen LogP contribution in [0.15, 0.2) is 34.0 Å². The fraction of sp³-hybridized carbons (Fsp3) is 0.111. The van der Waals surface area contributed by atoms with Gasteiger partial charge in [0.05, 0.1) is 12.2 Å². The Balaban J connectivity index is 2.14. The molecule has 0 bridgehead atoms. The lowest BCUT2D eigenvalue weighted by Gasteiger charge is -2.07. The Morgan fingerprint density at radius 1 is 1.39 bits per heavy atom. The van der Waals surface area contributed by atoms with Crippen LogP contribution < -0.4 is 16.2 Å². The quantitative estimate of drug-likeness (QED) is 0.659. The molecule has 96 valence electrons. The van der Waals surface area contributed by atoms with E-state index in [2.05, 4.69) is 20.0 Å². The van der Waals surface area contributed by atoms with E-state index in [1.54, 1.807) is 6.07 Å². The number of rotatable bonds is 4. The lowest BCUT2D eigenvalue weighted by molar-refractivity contribution is 0.411. The topological polar surface area (TPSA) is 137 Å². The van der Waals surface area contributed by atoms with Crippen LogP contribution in [-0.2, 0) is 16.6 Å². The number of nitrogens with zero attached hydrogens (tertiary/aromatic N) is 2. The van der Waals surface area contributed by atoms with Gasteiger partial charge in [0, 0.05) is 5.69 Å². The van der Waals surface area contributed by atoms with Crippen LogP contribution in [-0.4, -0.2) is 18.6 Å². The number of nitrogens with one attached hydrogen (secondary N) is 1. The summed E-state index contributed by atoms with van der Waals surface area (Å²) in [6.45, 7) is 0.338. The number of hydrogen-bond acceptors (Lipinski definition) is 7. The lowest BCUT2D eigenvalue weighted by Crippen LogP contribution is -2.14. The monoisotopic (exact) mass is 269 g/mol. The molecule has 0 aliphatic carbocycles. The van der Waals surface area contributed by atoms with Crippen molar-refractivity contribution in [1.29, 1.82) is 0 Å². The first-order chi connectivity index (χ1) is 8.47. The Bertz CT molecular complexity index is 638. The molecule has 9 heteroatoms. The maximum atomic E-state index is 11.2. The average molecular weight is 269 g/mol. The van der Waals surface area contributed by atoms with Crippen molar-refractivity contribution in [3.63, 3.8) is 0 Å². The first-order valence-electron chi connectivity index (χ1n) is 4.88. The summed E-state index contributed by atoms with van der Waals surface area (Å²) in [5, 5.41) is 11.6. The van der Waals surface area contributed by atoms with Gasteiger partial charge in [-0.25, -0.2) is 13.6 Å².